The SMILES string of the molecule is CC(=NCc1ccccc1)c1cccc(-c2cccc3oc4ccc(-c5ccc6ccc7ccccc7c6c5)cc4c23)c1. The van der Waals surface area contributed by atoms with Gasteiger partial charge in [-0.3, -0.25) is 4.99 Å². The monoisotopic (exact) mass is 551 g/mol. The van der Waals surface area contributed by atoms with Gasteiger partial charge in [0.2, 0.25) is 0 Å². The van der Waals surface area contributed by atoms with Crippen LogP contribution in [0.2, 0.25) is 0 Å². The first-order chi connectivity index (χ1) is 21.2. The highest BCUT2D eigenvalue weighted by molar-refractivity contribution is 6.14. The largest absolute Gasteiger partial charge is 0.456 e. The second-order valence-corrected chi connectivity index (χ2v) is 11.2. The van der Waals surface area contributed by atoms with Gasteiger partial charge in [-0.05, 0) is 92.2 Å². The predicted molar refractivity (Wildman–Crippen MR) is 182 cm³/mol. The number of hydrogen-bond donors (Lipinski definition) is 0. The molecular formula is C41H29NO. The minimum Gasteiger partial charge on any atom is -0.456 e. The molecule has 1 aromatic heterocycles. The van der Waals surface area contributed by atoms with Crippen LogP contribution in [0, 0.1) is 0 Å². The van der Waals surface area contributed by atoms with Crippen LogP contribution in [0.3, 0.4) is 0 Å². The van der Waals surface area contributed by atoms with Crippen molar-refractivity contribution < 1.29 is 4.42 Å². The van der Waals surface area contributed by atoms with Gasteiger partial charge < -0.3 is 4.42 Å². The Kier molecular flexibility index (Phi) is 6.12. The van der Waals surface area contributed by atoms with Crippen molar-refractivity contribution in [2.24, 2.45) is 4.99 Å². The van der Waals surface area contributed by atoms with Crippen molar-refractivity contribution in [3.05, 3.63) is 157 Å². The van der Waals surface area contributed by atoms with Crippen molar-refractivity contribution in [3.63, 3.8) is 0 Å². The van der Waals surface area contributed by atoms with Crippen molar-refractivity contribution in [3.8, 4) is 22.3 Å². The molecule has 0 N–H and O–H groups in total. The van der Waals surface area contributed by atoms with Crippen LogP contribution in [0.1, 0.15) is 18.1 Å². The van der Waals surface area contributed by atoms with Crippen molar-refractivity contribution >= 4 is 49.2 Å². The van der Waals surface area contributed by atoms with Crippen LogP contribution in [-0.2, 0) is 6.54 Å². The summed E-state index contributed by atoms with van der Waals surface area (Å²) in [4.78, 5) is 4.89. The number of hydrogen-bond acceptors (Lipinski definition) is 2. The van der Waals surface area contributed by atoms with Gasteiger partial charge in [0.25, 0.3) is 0 Å². The zero-order chi connectivity index (χ0) is 28.8. The van der Waals surface area contributed by atoms with E-state index in [9.17, 15) is 0 Å². The lowest BCUT2D eigenvalue weighted by molar-refractivity contribution is 0.669. The van der Waals surface area contributed by atoms with Gasteiger partial charge in [0.1, 0.15) is 11.2 Å². The molecule has 0 aliphatic rings. The van der Waals surface area contributed by atoms with Gasteiger partial charge in [0, 0.05) is 16.5 Å². The van der Waals surface area contributed by atoms with Gasteiger partial charge in [0.15, 0.2) is 0 Å². The second kappa shape index (κ2) is 10.4. The summed E-state index contributed by atoms with van der Waals surface area (Å²) in [5, 5.41) is 7.33. The third-order valence-electron chi connectivity index (χ3n) is 8.51. The van der Waals surface area contributed by atoms with E-state index in [2.05, 4.69) is 146 Å². The molecule has 0 aliphatic heterocycles. The molecule has 0 bridgehead atoms. The van der Waals surface area contributed by atoms with Crippen LogP contribution in [0.15, 0.2) is 155 Å². The summed E-state index contributed by atoms with van der Waals surface area (Å²) in [7, 11) is 0. The van der Waals surface area contributed by atoms with Gasteiger partial charge in [-0.25, -0.2) is 0 Å². The molecule has 0 spiro atoms. The average Bonchev–Trinajstić information content (AvgIpc) is 3.45. The quantitative estimate of drug-likeness (QED) is 0.154. The molecule has 204 valence electrons. The van der Waals surface area contributed by atoms with Crippen molar-refractivity contribution in [2.75, 3.05) is 0 Å². The molecule has 0 radical (unpaired) electrons. The molecule has 0 fully saturated rings. The first-order valence-electron chi connectivity index (χ1n) is 14.7. The van der Waals surface area contributed by atoms with Gasteiger partial charge in [0.05, 0.1) is 6.54 Å². The predicted octanol–water partition coefficient (Wildman–Crippen LogP) is 11.2. The Labute approximate surface area is 250 Å². The van der Waals surface area contributed by atoms with Crippen LogP contribution < -0.4 is 0 Å². The summed E-state index contributed by atoms with van der Waals surface area (Å²) in [5.41, 5.74) is 9.86. The molecule has 2 nitrogen and oxygen atoms in total. The first kappa shape index (κ1) is 25.3. The van der Waals surface area contributed by atoms with E-state index >= 15 is 0 Å². The smallest absolute Gasteiger partial charge is 0.136 e. The lowest BCUT2D eigenvalue weighted by Gasteiger charge is -2.09. The second-order valence-electron chi connectivity index (χ2n) is 11.2. The summed E-state index contributed by atoms with van der Waals surface area (Å²) in [6, 6.07) is 51.8. The third kappa shape index (κ3) is 4.58. The number of aliphatic imine (C=N–C) groups is 1. The topological polar surface area (TPSA) is 25.5 Å². The van der Waals surface area contributed by atoms with Crippen molar-refractivity contribution in [1.82, 2.24) is 0 Å². The highest BCUT2D eigenvalue weighted by atomic mass is 16.3. The molecule has 0 unspecified atom stereocenters. The van der Waals surface area contributed by atoms with Crippen LogP contribution in [-0.4, -0.2) is 5.71 Å². The standard InChI is InChI=1S/C41H29NO/c1-27(42-26-28-9-3-2-4-10-28)31-12-7-13-34(23-31)36-15-8-16-40-41(36)38-25-33(21-22-39(38)43-40)32-20-19-30-18-17-29-11-5-6-14-35(29)37(30)24-32/h2-25H,26H2,1H3. The highest BCUT2D eigenvalue weighted by Gasteiger charge is 2.14. The molecule has 1 heterocycles. The number of benzene rings is 7. The van der Waals surface area contributed by atoms with Gasteiger partial charge in [-0.1, -0.05) is 115 Å². The number of furan rings is 1. The van der Waals surface area contributed by atoms with E-state index in [1.807, 2.05) is 6.07 Å². The Morgan fingerprint density at radius 1 is 0.535 bits per heavy atom. The maximum atomic E-state index is 6.37. The molecule has 2 heteroatoms. The minimum atomic E-state index is 0.673. The summed E-state index contributed by atoms with van der Waals surface area (Å²) in [6.07, 6.45) is 0. The summed E-state index contributed by atoms with van der Waals surface area (Å²) < 4.78 is 6.37. The molecule has 0 atom stereocenters. The number of fused-ring (bicyclic) bond motifs is 6. The van der Waals surface area contributed by atoms with Crippen LogP contribution >= 0.6 is 0 Å². The van der Waals surface area contributed by atoms with E-state index in [1.165, 1.54) is 38.2 Å². The molecule has 8 aromatic rings. The van der Waals surface area contributed by atoms with E-state index in [0.29, 0.717) is 6.54 Å². The Morgan fingerprint density at radius 3 is 2.14 bits per heavy atom. The molecule has 0 aliphatic carbocycles. The van der Waals surface area contributed by atoms with Crippen LogP contribution in [0.5, 0.6) is 0 Å². The Bertz CT molecular complexity index is 2320. The fourth-order valence-corrected chi connectivity index (χ4v) is 6.22. The fraction of sp³-hybridized carbons (Fsp3) is 0.0488. The lowest BCUT2D eigenvalue weighted by atomic mass is 9.94. The van der Waals surface area contributed by atoms with E-state index in [0.717, 1.165) is 44.3 Å². The molecule has 7 aromatic carbocycles. The Balaban J connectivity index is 1.23. The summed E-state index contributed by atoms with van der Waals surface area (Å²) >= 11 is 0. The first-order valence-corrected chi connectivity index (χ1v) is 14.7. The summed E-state index contributed by atoms with van der Waals surface area (Å²) in [5.74, 6) is 0. The number of nitrogens with zero attached hydrogens (tertiary/aromatic N) is 1. The van der Waals surface area contributed by atoms with Gasteiger partial charge in [-0.15, -0.1) is 0 Å². The fourth-order valence-electron chi connectivity index (χ4n) is 6.22. The molecule has 0 saturated carbocycles. The normalized spacial score (nSPS) is 12.1. The maximum absolute atomic E-state index is 6.37. The van der Waals surface area contributed by atoms with E-state index in [4.69, 9.17) is 9.41 Å². The zero-order valence-electron chi connectivity index (χ0n) is 23.9. The Morgan fingerprint density at radius 2 is 1.26 bits per heavy atom. The minimum absolute atomic E-state index is 0.673. The highest BCUT2D eigenvalue weighted by Crippen LogP contribution is 2.39. The maximum Gasteiger partial charge on any atom is 0.136 e. The number of rotatable bonds is 5. The van der Waals surface area contributed by atoms with Crippen molar-refractivity contribution in [2.45, 2.75) is 13.5 Å². The van der Waals surface area contributed by atoms with Crippen LogP contribution in [0.25, 0.3) is 65.7 Å². The van der Waals surface area contributed by atoms with E-state index < -0.39 is 0 Å². The molecule has 43 heavy (non-hydrogen) atoms. The summed E-state index contributed by atoms with van der Waals surface area (Å²) in [6.45, 7) is 2.77. The Hall–Kier alpha value is -5.47. The van der Waals surface area contributed by atoms with Gasteiger partial charge >= 0.3 is 0 Å². The zero-order valence-corrected chi connectivity index (χ0v) is 23.9. The molecule has 0 saturated heterocycles. The van der Waals surface area contributed by atoms with Crippen molar-refractivity contribution in [1.29, 1.82) is 0 Å². The van der Waals surface area contributed by atoms with E-state index in [-0.39, 0.29) is 0 Å². The average molecular weight is 552 g/mol. The van der Waals surface area contributed by atoms with Gasteiger partial charge in [-0.2, -0.15) is 0 Å². The van der Waals surface area contributed by atoms with Crippen LogP contribution in [0.4, 0.5) is 0 Å². The molecule has 0 amide bonds. The molecule has 8 rings (SSSR count). The van der Waals surface area contributed by atoms with E-state index in [1.54, 1.807) is 0 Å². The lowest BCUT2D eigenvalue weighted by Crippen LogP contribution is -1.96. The molecular weight excluding hydrogens is 522 g/mol. The third-order valence-corrected chi connectivity index (χ3v) is 8.51.